The number of terminal acetylenes is 2. The first kappa shape index (κ1) is 18.7. The average Bonchev–Trinajstić information content (AvgIpc) is 3.25. The Bertz CT molecular complexity index is 640. The van der Waals surface area contributed by atoms with E-state index in [1.165, 1.54) is 0 Å². The van der Waals surface area contributed by atoms with Gasteiger partial charge in [0.1, 0.15) is 13.1 Å². The molecule has 0 spiro atoms. The minimum Gasteiger partial charge on any atom is -0.163 e. The lowest BCUT2D eigenvalue weighted by Gasteiger charge is -1.93. The van der Waals surface area contributed by atoms with Crippen molar-refractivity contribution in [3.63, 3.8) is 0 Å². The first-order valence-corrected chi connectivity index (χ1v) is 9.06. The van der Waals surface area contributed by atoms with Crippen LogP contribution in [0.3, 0.4) is 0 Å². The number of hydrogen-bond acceptors (Lipinski definition) is 2. The van der Waals surface area contributed by atoms with E-state index in [0.717, 1.165) is 82.3 Å². The summed E-state index contributed by atoms with van der Waals surface area (Å²) in [5.74, 6) is 5.34. The molecule has 6 heteroatoms. The van der Waals surface area contributed by atoms with Crippen molar-refractivity contribution in [2.24, 2.45) is 0 Å². The summed E-state index contributed by atoms with van der Waals surface area (Å²) in [6.45, 7) is 1.81. The molecule has 132 valence electrons. The van der Waals surface area contributed by atoms with Crippen molar-refractivity contribution in [3.05, 3.63) is 23.8 Å². The van der Waals surface area contributed by atoms with Gasteiger partial charge < -0.3 is 0 Å². The molecule has 0 unspecified atom stereocenters. The summed E-state index contributed by atoms with van der Waals surface area (Å²) in [4.78, 5) is 0. The van der Waals surface area contributed by atoms with Crippen LogP contribution in [-0.2, 0) is 25.9 Å². The fraction of sp³-hybridized carbons (Fsp3) is 0.579. The molecule has 0 radical (unpaired) electrons. The van der Waals surface area contributed by atoms with Crippen LogP contribution in [0.25, 0.3) is 0 Å². The molecule has 0 atom stereocenters. The van der Waals surface area contributed by atoms with Crippen molar-refractivity contribution in [2.75, 3.05) is 0 Å². The van der Waals surface area contributed by atoms with Gasteiger partial charge >= 0.3 is 0 Å². The lowest BCUT2D eigenvalue weighted by Crippen LogP contribution is -2.40. The fourth-order valence-electron chi connectivity index (χ4n) is 2.68. The van der Waals surface area contributed by atoms with Crippen LogP contribution < -0.4 is 9.36 Å². The van der Waals surface area contributed by atoms with Crippen LogP contribution in [0.5, 0.6) is 0 Å². The Labute approximate surface area is 150 Å². The minimum absolute atomic E-state index is 0.845. The van der Waals surface area contributed by atoms with Crippen molar-refractivity contribution in [3.8, 4) is 24.7 Å². The second-order valence-corrected chi connectivity index (χ2v) is 6.23. The Balaban J connectivity index is 1.64. The molecule has 0 aliphatic rings. The maximum atomic E-state index is 5.26. The van der Waals surface area contributed by atoms with Crippen molar-refractivity contribution in [2.45, 2.75) is 70.9 Å². The lowest BCUT2D eigenvalue weighted by atomic mass is 10.2. The summed E-state index contributed by atoms with van der Waals surface area (Å²) in [7, 11) is 0. The number of aromatic amines is 2. The minimum atomic E-state index is 0.845. The maximum Gasteiger partial charge on any atom is 0.218 e. The summed E-state index contributed by atoms with van der Waals surface area (Å²) in [6.07, 6.45) is 23.6. The molecule has 2 N–H and O–H groups in total. The Morgan fingerprint density at radius 3 is 1.68 bits per heavy atom. The third-order valence-electron chi connectivity index (χ3n) is 4.06. The second kappa shape index (κ2) is 11.0. The van der Waals surface area contributed by atoms with Gasteiger partial charge in [0.15, 0.2) is 12.4 Å². The van der Waals surface area contributed by atoms with Crippen molar-refractivity contribution in [1.29, 1.82) is 0 Å². The molecule has 0 aromatic carbocycles. The van der Waals surface area contributed by atoms with Gasteiger partial charge in [-0.2, -0.15) is 9.36 Å². The summed E-state index contributed by atoms with van der Waals surface area (Å²) < 4.78 is 4.07. The summed E-state index contributed by atoms with van der Waals surface area (Å²) in [5, 5.41) is 14.8. The molecule has 2 aromatic heterocycles. The number of hydrogen-bond donors (Lipinski definition) is 2. The molecular weight excluding hydrogens is 312 g/mol. The quantitative estimate of drug-likeness (QED) is 0.349. The average molecular weight is 340 g/mol. The van der Waals surface area contributed by atoms with E-state index in [4.69, 9.17) is 12.8 Å². The van der Waals surface area contributed by atoms with Gasteiger partial charge in [0.2, 0.25) is 11.4 Å². The van der Waals surface area contributed by atoms with Gasteiger partial charge in [-0.1, -0.05) is 10.4 Å². The Kier molecular flexibility index (Phi) is 8.27. The van der Waals surface area contributed by atoms with E-state index in [9.17, 15) is 0 Å². The molecule has 0 saturated heterocycles. The fourth-order valence-corrected chi connectivity index (χ4v) is 2.68. The molecule has 2 heterocycles. The highest BCUT2D eigenvalue weighted by Crippen LogP contribution is 2.02. The molecule has 0 fully saturated rings. The van der Waals surface area contributed by atoms with Gasteiger partial charge in [-0.05, 0) is 25.7 Å². The van der Waals surface area contributed by atoms with E-state index >= 15 is 0 Å². The molecule has 2 rings (SSSR count). The first-order chi connectivity index (χ1) is 12.3. The van der Waals surface area contributed by atoms with Crippen LogP contribution in [0.2, 0.25) is 0 Å². The Hall–Kier alpha value is -2.60. The number of H-pyrrole nitrogens is 2. The number of nitrogens with zero attached hydrogens (tertiary/aromatic N) is 4. The standard InChI is InChI=1S/C19H26N6/c1-3-5-7-9-12-18-16-24(22-20-18)14-11-15-25-17-19(21-23-25)13-10-8-6-4-2/h1-2,16-17H,5-15H2/p+2. The number of unbranched alkanes of at least 4 members (excludes halogenated alkanes) is 4. The topological polar surface area (TPSA) is 65.1 Å². The van der Waals surface area contributed by atoms with Crippen LogP contribution in [0.4, 0.5) is 0 Å². The molecule has 0 aliphatic carbocycles. The molecule has 6 nitrogen and oxygen atoms in total. The van der Waals surface area contributed by atoms with E-state index in [1.54, 1.807) is 0 Å². The maximum absolute atomic E-state index is 5.26. The molecule has 0 saturated carbocycles. The van der Waals surface area contributed by atoms with Crippen LogP contribution in [0.15, 0.2) is 12.4 Å². The monoisotopic (exact) mass is 340 g/mol. The summed E-state index contributed by atoms with van der Waals surface area (Å²) in [6, 6.07) is 0. The van der Waals surface area contributed by atoms with Gasteiger partial charge in [-0.25, -0.2) is 0 Å². The van der Waals surface area contributed by atoms with E-state index in [2.05, 4.69) is 44.9 Å². The zero-order valence-electron chi connectivity index (χ0n) is 14.9. The zero-order chi connectivity index (χ0) is 17.7. The molecule has 0 amide bonds. The smallest absolute Gasteiger partial charge is 0.163 e. The number of aromatic nitrogens is 6. The van der Waals surface area contributed by atoms with E-state index in [-0.39, 0.29) is 0 Å². The van der Waals surface area contributed by atoms with Crippen molar-refractivity contribution in [1.82, 2.24) is 20.6 Å². The third kappa shape index (κ3) is 7.22. The van der Waals surface area contributed by atoms with Gasteiger partial charge in [0.05, 0.1) is 0 Å². The Morgan fingerprint density at radius 2 is 1.24 bits per heavy atom. The first-order valence-electron chi connectivity index (χ1n) is 9.06. The molecule has 0 aliphatic heterocycles. The van der Waals surface area contributed by atoms with E-state index in [0.29, 0.717) is 0 Å². The van der Waals surface area contributed by atoms with Crippen LogP contribution in [-0.4, -0.2) is 20.6 Å². The van der Waals surface area contributed by atoms with Gasteiger partial charge in [0, 0.05) is 42.3 Å². The normalized spacial score (nSPS) is 10.5. The molecule has 25 heavy (non-hydrogen) atoms. The van der Waals surface area contributed by atoms with Gasteiger partial charge in [-0.15, -0.1) is 24.7 Å². The predicted molar refractivity (Wildman–Crippen MR) is 95.0 cm³/mol. The van der Waals surface area contributed by atoms with Crippen LogP contribution >= 0.6 is 0 Å². The highest BCUT2D eigenvalue weighted by molar-refractivity contribution is 4.89. The van der Waals surface area contributed by atoms with Crippen LogP contribution in [0.1, 0.15) is 56.3 Å². The zero-order valence-corrected chi connectivity index (χ0v) is 14.9. The third-order valence-corrected chi connectivity index (χ3v) is 4.06. The summed E-state index contributed by atoms with van der Waals surface area (Å²) >= 11 is 0. The van der Waals surface area contributed by atoms with E-state index < -0.39 is 0 Å². The predicted octanol–water partition coefficient (Wildman–Crippen LogP) is 1.49. The lowest BCUT2D eigenvalue weighted by molar-refractivity contribution is -0.781. The van der Waals surface area contributed by atoms with Crippen molar-refractivity contribution >= 4 is 0 Å². The highest BCUT2D eigenvalue weighted by atomic mass is 15.4. The second-order valence-electron chi connectivity index (χ2n) is 6.23. The SMILES string of the molecule is C#CCCCCc1c[n+](CCC[n+]2cc(CCCCC#C)n[nH]2)[nH]n1. The molecule has 0 bridgehead atoms. The molecule has 2 aromatic rings. The van der Waals surface area contributed by atoms with Crippen molar-refractivity contribution < 1.29 is 9.36 Å². The molecular formula is C19H28N6+2. The largest absolute Gasteiger partial charge is 0.218 e. The summed E-state index contributed by atoms with van der Waals surface area (Å²) in [5.41, 5.74) is 2.20. The Morgan fingerprint density at radius 1 is 0.760 bits per heavy atom. The van der Waals surface area contributed by atoms with E-state index in [1.807, 2.05) is 9.36 Å². The van der Waals surface area contributed by atoms with Crippen LogP contribution in [0, 0.1) is 24.7 Å². The number of aryl methyl sites for hydroxylation is 4. The van der Waals surface area contributed by atoms with Gasteiger partial charge in [0.25, 0.3) is 0 Å². The van der Waals surface area contributed by atoms with Gasteiger partial charge in [-0.3, -0.25) is 0 Å². The number of rotatable bonds is 12. The number of nitrogens with one attached hydrogen (secondary N) is 2. The highest BCUT2D eigenvalue weighted by Gasteiger charge is 2.11.